The maximum Gasteiger partial charge on any atom is 0.488 e. The number of aryl methyl sites for hydroxylation is 1. The lowest BCUT2D eigenvalue weighted by Gasteiger charge is -2.10. The highest BCUT2D eigenvalue weighted by Crippen LogP contribution is 2.39. The van der Waals surface area contributed by atoms with Gasteiger partial charge in [-0.15, -0.1) is 0 Å². The van der Waals surface area contributed by atoms with E-state index in [4.69, 9.17) is 0 Å². The summed E-state index contributed by atoms with van der Waals surface area (Å²) in [7, 11) is -1.32. The molecule has 0 radical (unpaired) electrons. The molecule has 2 rings (SSSR count). The van der Waals surface area contributed by atoms with Crippen LogP contribution in [0.3, 0.4) is 0 Å². The van der Waals surface area contributed by atoms with Gasteiger partial charge in [-0.1, -0.05) is 23.8 Å². The van der Waals surface area contributed by atoms with Gasteiger partial charge in [0.2, 0.25) is 0 Å². The van der Waals surface area contributed by atoms with Crippen molar-refractivity contribution >= 4 is 12.6 Å². The molecule has 3 heteroatoms. The molecule has 1 aromatic rings. The molecular weight excluding hydrogens is 163 g/mol. The SMILES string of the molecule is Cc1cccc(C2CC2)c1B(O)O. The largest absolute Gasteiger partial charge is 0.488 e. The van der Waals surface area contributed by atoms with Crippen molar-refractivity contribution in [1.82, 2.24) is 0 Å². The minimum Gasteiger partial charge on any atom is -0.423 e. The van der Waals surface area contributed by atoms with Gasteiger partial charge in [-0.25, -0.2) is 0 Å². The summed E-state index contributed by atoms with van der Waals surface area (Å²) in [5, 5.41) is 18.4. The Morgan fingerprint density at radius 3 is 2.54 bits per heavy atom. The Bertz CT molecular complexity index is 319. The van der Waals surface area contributed by atoms with Crippen molar-refractivity contribution in [2.24, 2.45) is 0 Å². The standard InChI is InChI=1S/C10H13BO2/c1-7-3-2-4-9(8-5-6-8)10(7)11(12)13/h2-4,8,12-13H,5-6H2,1H3. The molecule has 0 aromatic heterocycles. The molecule has 1 aliphatic carbocycles. The summed E-state index contributed by atoms with van der Waals surface area (Å²) >= 11 is 0. The van der Waals surface area contributed by atoms with Crippen LogP contribution in [-0.4, -0.2) is 17.2 Å². The fraction of sp³-hybridized carbons (Fsp3) is 0.400. The Labute approximate surface area is 78.4 Å². The molecule has 0 spiro atoms. The van der Waals surface area contributed by atoms with E-state index >= 15 is 0 Å². The molecule has 0 amide bonds. The molecule has 0 heterocycles. The molecule has 0 bridgehead atoms. The fourth-order valence-electron chi connectivity index (χ4n) is 1.81. The maximum absolute atomic E-state index is 9.22. The molecule has 68 valence electrons. The van der Waals surface area contributed by atoms with Crippen molar-refractivity contribution in [3.8, 4) is 0 Å². The van der Waals surface area contributed by atoms with E-state index in [9.17, 15) is 10.0 Å². The van der Waals surface area contributed by atoms with E-state index in [1.54, 1.807) is 0 Å². The van der Waals surface area contributed by atoms with Crippen LogP contribution in [0.1, 0.15) is 29.9 Å². The van der Waals surface area contributed by atoms with Crippen molar-refractivity contribution in [3.05, 3.63) is 29.3 Å². The van der Waals surface area contributed by atoms with Gasteiger partial charge in [0.25, 0.3) is 0 Å². The van der Waals surface area contributed by atoms with Gasteiger partial charge in [0, 0.05) is 0 Å². The summed E-state index contributed by atoms with van der Waals surface area (Å²) in [4.78, 5) is 0. The Hall–Kier alpha value is -0.795. The normalized spacial score (nSPS) is 15.9. The van der Waals surface area contributed by atoms with Crippen LogP contribution >= 0.6 is 0 Å². The summed E-state index contributed by atoms with van der Waals surface area (Å²) in [6.07, 6.45) is 2.37. The summed E-state index contributed by atoms with van der Waals surface area (Å²) in [5.74, 6) is 0.566. The summed E-state index contributed by atoms with van der Waals surface area (Å²) in [6.45, 7) is 1.92. The molecule has 0 saturated heterocycles. The van der Waals surface area contributed by atoms with E-state index in [0.29, 0.717) is 11.4 Å². The number of rotatable bonds is 2. The fourth-order valence-corrected chi connectivity index (χ4v) is 1.81. The predicted molar refractivity (Wildman–Crippen MR) is 53.0 cm³/mol. The first-order valence-corrected chi connectivity index (χ1v) is 4.65. The topological polar surface area (TPSA) is 40.5 Å². The third-order valence-electron chi connectivity index (χ3n) is 2.63. The van der Waals surface area contributed by atoms with Gasteiger partial charge in [-0.2, -0.15) is 0 Å². The molecule has 13 heavy (non-hydrogen) atoms. The number of benzene rings is 1. The molecule has 1 aliphatic rings. The van der Waals surface area contributed by atoms with Crippen LogP contribution in [-0.2, 0) is 0 Å². The van der Waals surface area contributed by atoms with Crippen LogP contribution in [0.2, 0.25) is 0 Å². The average molecular weight is 176 g/mol. The van der Waals surface area contributed by atoms with Crippen molar-refractivity contribution < 1.29 is 10.0 Å². The van der Waals surface area contributed by atoms with E-state index in [2.05, 4.69) is 0 Å². The first kappa shape index (κ1) is 8.79. The predicted octanol–water partition coefficient (Wildman–Crippen LogP) is 0.552. The molecule has 1 saturated carbocycles. The second kappa shape index (κ2) is 3.16. The van der Waals surface area contributed by atoms with Gasteiger partial charge in [0.1, 0.15) is 0 Å². The zero-order valence-electron chi connectivity index (χ0n) is 7.70. The monoisotopic (exact) mass is 176 g/mol. The molecule has 0 unspecified atom stereocenters. The van der Waals surface area contributed by atoms with E-state index in [0.717, 1.165) is 11.1 Å². The van der Waals surface area contributed by atoms with Crippen LogP contribution in [0.5, 0.6) is 0 Å². The lowest BCUT2D eigenvalue weighted by Crippen LogP contribution is -2.35. The van der Waals surface area contributed by atoms with Crippen molar-refractivity contribution in [2.45, 2.75) is 25.7 Å². The zero-order chi connectivity index (χ0) is 9.42. The van der Waals surface area contributed by atoms with Gasteiger partial charge in [0.15, 0.2) is 0 Å². The van der Waals surface area contributed by atoms with Gasteiger partial charge < -0.3 is 10.0 Å². The molecule has 0 aliphatic heterocycles. The van der Waals surface area contributed by atoms with Crippen molar-refractivity contribution in [2.75, 3.05) is 0 Å². The maximum atomic E-state index is 9.22. The molecule has 0 atom stereocenters. The first-order chi connectivity index (χ1) is 6.20. The van der Waals surface area contributed by atoms with E-state index in [1.165, 1.54) is 12.8 Å². The quantitative estimate of drug-likeness (QED) is 0.646. The van der Waals surface area contributed by atoms with Crippen LogP contribution in [0.4, 0.5) is 0 Å². The first-order valence-electron chi connectivity index (χ1n) is 4.65. The highest BCUT2D eigenvalue weighted by molar-refractivity contribution is 6.59. The van der Waals surface area contributed by atoms with E-state index < -0.39 is 7.12 Å². The van der Waals surface area contributed by atoms with Gasteiger partial charge >= 0.3 is 7.12 Å². The Morgan fingerprint density at radius 1 is 1.31 bits per heavy atom. The second-order valence-electron chi connectivity index (χ2n) is 3.73. The molecule has 1 fully saturated rings. The lowest BCUT2D eigenvalue weighted by atomic mass is 9.73. The van der Waals surface area contributed by atoms with Gasteiger partial charge in [-0.3, -0.25) is 0 Å². The lowest BCUT2D eigenvalue weighted by molar-refractivity contribution is 0.425. The van der Waals surface area contributed by atoms with Crippen LogP contribution < -0.4 is 5.46 Å². The van der Waals surface area contributed by atoms with Crippen LogP contribution in [0, 0.1) is 6.92 Å². The molecule has 2 N–H and O–H groups in total. The van der Waals surface area contributed by atoms with Crippen LogP contribution in [0.25, 0.3) is 0 Å². The highest BCUT2D eigenvalue weighted by atomic mass is 16.4. The van der Waals surface area contributed by atoms with Gasteiger partial charge in [0.05, 0.1) is 0 Å². The van der Waals surface area contributed by atoms with Crippen molar-refractivity contribution in [3.63, 3.8) is 0 Å². The molecular formula is C10H13BO2. The summed E-state index contributed by atoms with van der Waals surface area (Å²) in [5.41, 5.74) is 2.81. The van der Waals surface area contributed by atoms with Crippen LogP contribution in [0.15, 0.2) is 18.2 Å². The summed E-state index contributed by atoms with van der Waals surface area (Å²) in [6, 6.07) is 5.90. The Morgan fingerprint density at radius 2 is 2.00 bits per heavy atom. The average Bonchev–Trinajstić information content (AvgIpc) is 2.85. The second-order valence-corrected chi connectivity index (χ2v) is 3.73. The summed E-state index contributed by atoms with van der Waals surface area (Å²) < 4.78 is 0. The van der Waals surface area contributed by atoms with E-state index in [1.807, 2.05) is 25.1 Å². The third kappa shape index (κ3) is 1.62. The van der Waals surface area contributed by atoms with Gasteiger partial charge in [-0.05, 0) is 36.7 Å². The minimum atomic E-state index is -1.32. The smallest absolute Gasteiger partial charge is 0.423 e. The van der Waals surface area contributed by atoms with Crippen molar-refractivity contribution in [1.29, 1.82) is 0 Å². The Balaban J connectivity index is 2.47. The number of hydrogen-bond donors (Lipinski definition) is 2. The highest BCUT2D eigenvalue weighted by Gasteiger charge is 2.29. The zero-order valence-corrected chi connectivity index (χ0v) is 7.70. The molecule has 2 nitrogen and oxygen atoms in total. The third-order valence-corrected chi connectivity index (χ3v) is 2.63. The van der Waals surface area contributed by atoms with E-state index in [-0.39, 0.29) is 0 Å². The molecule has 1 aromatic carbocycles. The Kier molecular flexibility index (Phi) is 2.14. The minimum absolute atomic E-state index is 0.566. The number of hydrogen-bond acceptors (Lipinski definition) is 2.